The van der Waals surface area contributed by atoms with E-state index in [1.807, 2.05) is 6.07 Å². The Labute approximate surface area is 167 Å². The molecule has 0 aliphatic rings. The molecule has 0 unspecified atom stereocenters. The number of benzene rings is 1. The Morgan fingerprint density at radius 3 is 2.71 bits per heavy atom. The van der Waals surface area contributed by atoms with E-state index in [0.29, 0.717) is 22.5 Å². The molecule has 9 heteroatoms. The van der Waals surface area contributed by atoms with Gasteiger partial charge in [-0.2, -0.15) is 5.26 Å². The molecule has 6 nitrogen and oxygen atoms in total. The van der Waals surface area contributed by atoms with Gasteiger partial charge >= 0.3 is 0 Å². The highest BCUT2D eigenvalue weighted by Crippen LogP contribution is 2.37. The van der Waals surface area contributed by atoms with E-state index < -0.39 is 17.2 Å². The lowest BCUT2D eigenvalue weighted by Gasteiger charge is -2.16. The topological polar surface area (TPSA) is 91.7 Å². The van der Waals surface area contributed by atoms with Crippen LogP contribution in [0.3, 0.4) is 0 Å². The number of nitriles is 1. The Morgan fingerprint density at radius 1 is 1.32 bits per heavy atom. The lowest BCUT2D eigenvalue weighted by atomic mass is 10.0. The number of aryl methyl sites for hydroxylation is 2. The highest BCUT2D eigenvalue weighted by atomic mass is 79.9. The fraction of sp³-hybridized carbons (Fsp3) is 0.158. The summed E-state index contributed by atoms with van der Waals surface area (Å²) < 4.78 is 32.9. The number of hydrogen-bond donors (Lipinski definition) is 1. The van der Waals surface area contributed by atoms with Gasteiger partial charge < -0.3 is 9.72 Å². The van der Waals surface area contributed by atoms with Gasteiger partial charge in [0.05, 0.1) is 5.69 Å². The van der Waals surface area contributed by atoms with Gasteiger partial charge in [-0.3, -0.25) is 4.79 Å². The fourth-order valence-electron chi connectivity index (χ4n) is 2.69. The molecule has 0 atom stereocenters. The first-order valence-electron chi connectivity index (χ1n) is 8.05. The average Bonchev–Trinajstić information content (AvgIpc) is 2.65. The quantitative estimate of drug-likeness (QED) is 0.655. The number of nitrogens with one attached hydrogen (secondary N) is 1. The molecule has 28 heavy (non-hydrogen) atoms. The number of hydrogen-bond acceptors (Lipinski definition) is 5. The summed E-state index contributed by atoms with van der Waals surface area (Å²) in [7, 11) is 0. The summed E-state index contributed by atoms with van der Waals surface area (Å²) in [6, 6.07) is 5.02. The fourth-order valence-corrected chi connectivity index (χ4v) is 3.10. The Balaban J connectivity index is 2.10. The number of H-pyrrole nitrogens is 1. The zero-order valence-corrected chi connectivity index (χ0v) is 16.4. The zero-order chi connectivity index (χ0) is 20.4. The van der Waals surface area contributed by atoms with Gasteiger partial charge in [-0.25, -0.2) is 18.7 Å². The van der Waals surface area contributed by atoms with Gasteiger partial charge in [-0.1, -0.05) is 0 Å². The molecule has 0 amide bonds. The SMILES string of the molecule is Cc1nc(C#N)ncc1-c1c(C)[nH]c(=O)c(Br)c1OCc1ccc(F)cc1F. The van der Waals surface area contributed by atoms with Gasteiger partial charge in [0.25, 0.3) is 5.56 Å². The van der Waals surface area contributed by atoms with Crippen LogP contribution >= 0.6 is 15.9 Å². The van der Waals surface area contributed by atoms with Gasteiger partial charge in [0.2, 0.25) is 5.82 Å². The van der Waals surface area contributed by atoms with E-state index in [0.717, 1.165) is 12.1 Å². The summed E-state index contributed by atoms with van der Waals surface area (Å²) in [6.45, 7) is 3.14. The van der Waals surface area contributed by atoms with Gasteiger partial charge in [0.15, 0.2) is 0 Å². The predicted molar refractivity (Wildman–Crippen MR) is 101 cm³/mol. The van der Waals surface area contributed by atoms with Crippen LogP contribution in [0.25, 0.3) is 11.1 Å². The molecule has 0 saturated heterocycles. The van der Waals surface area contributed by atoms with Crippen LogP contribution in [-0.4, -0.2) is 15.0 Å². The molecule has 2 aromatic heterocycles. The van der Waals surface area contributed by atoms with Gasteiger partial charge in [0.1, 0.15) is 34.5 Å². The Kier molecular flexibility index (Phi) is 5.51. The van der Waals surface area contributed by atoms with Crippen molar-refractivity contribution in [3.8, 4) is 22.9 Å². The van der Waals surface area contributed by atoms with Crippen LogP contribution in [0.5, 0.6) is 5.75 Å². The molecule has 3 rings (SSSR count). The van der Waals surface area contributed by atoms with E-state index in [9.17, 15) is 13.6 Å². The minimum absolute atomic E-state index is 0.0123. The molecular formula is C19H13BrF2N4O2. The lowest BCUT2D eigenvalue weighted by molar-refractivity contribution is 0.298. The molecular weight excluding hydrogens is 434 g/mol. The molecule has 0 radical (unpaired) electrons. The number of nitrogens with zero attached hydrogens (tertiary/aromatic N) is 3. The van der Waals surface area contributed by atoms with Crippen molar-refractivity contribution in [3.05, 3.63) is 73.6 Å². The minimum atomic E-state index is -0.753. The number of aromatic amines is 1. The van der Waals surface area contributed by atoms with E-state index in [1.165, 1.54) is 12.3 Å². The average molecular weight is 447 g/mol. The highest BCUT2D eigenvalue weighted by molar-refractivity contribution is 9.10. The maximum atomic E-state index is 13.9. The summed E-state index contributed by atoms with van der Waals surface area (Å²) in [6.07, 6.45) is 1.46. The van der Waals surface area contributed by atoms with E-state index in [2.05, 4.69) is 30.9 Å². The second kappa shape index (κ2) is 7.86. The third-order valence-electron chi connectivity index (χ3n) is 4.04. The van der Waals surface area contributed by atoms with Gasteiger partial charge in [-0.15, -0.1) is 0 Å². The third-order valence-corrected chi connectivity index (χ3v) is 4.76. The van der Waals surface area contributed by atoms with E-state index in [-0.39, 0.29) is 28.2 Å². The molecule has 2 heterocycles. The first-order valence-corrected chi connectivity index (χ1v) is 8.84. The second-order valence-corrected chi connectivity index (χ2v) is 6.72. The van der Waals surface area contributed by atoms with Crippen LogP contribution in [0.15, 0.2) is 33.7 Å². The third kappa shape index (κ3) is 3.77. The first-order chi connectivity index (χ1) is 13.3. The van der Waals surface area contributed by atoms with Gasteiger partial charge in [0, 0.05) is 34.6 Å². The number of rotatable bonds is 4. The Bertz CT molecular complexity index is 1170. The van der Waals surface area contributed by atoms with Crippen molar-refractivity contribution in [3.63, 3.8) is 0 Å². The van der Waals surface area contributed by atoms with Crippen LogP contribution in [0.2, 0.25) is 0 Å². The highest BCUT2D eigenvalue weighted by Gasteiger charge is 2.20. The standard InChI is InChI=1S/C19H13BrF2N4O2/c1-9-13(7-24-15(6-23)25-9)16-10(2)26-19(27)17(20)18(16)28-8-11-3-4-12(21)5-14(11)22/h3-5,7H,8H2,1-2H3,(H,26,27). The van der Waals surface area contributed by atoms with E-state index >= 15 is 0 Å². The first kappa shape index (κ1) is 19.6. The summed E-state index contributed by atoms with van der Waals surface area (Å²) in [4.78, 5) is 22.9. The number of halogens is 3. The van der Waals surface area contributed by atoms with Crippen molar-refractivity contribution in [2.75, 3.05) is 0 Å². The van der Waals surface area contributed by atoms with E-state index in [4.69, 9.17) is 10.00 Å². The normalized spacial score (nSPS) is 10.6. The molecule has 0 saturated carbocycles. The lowest BCUT2D eigenvalue weighted by Crippen LogP contribution is -2.13. The van der Waals surface area contributed by atoms with Crippen LogP contribution in [0.4, 0.5) is 8.78 Å². The molecule has 1 N–H and O–H groups in total. The Hall–Kier alpha value is -3.12. The molecule has 0 spiro atoms. The summed E-state index contributed by atoms with van der Waals surface area (Å²) >= 11 is 3.20. The van der Waals surface area contributed by atoms with Crippen molar-refractivity contribution in [1.29, 1.82) is 5.26 Å². The van der Waals surface area contributed by atoms with Crippen molar-refractivity contribution < 1.29 is 13.5 Å². The minimum Gasteiger partial charge on any atom is -0.487 e. The van der Waals surface area contributed by atoms with Crippen LogP contribution in [0.1, 0.15) is 22.8 Å². The number of pyridine rings is 1. The maximum Gasteiger partial charge on any atom is 0.266 e. The van der Waals surface area contributed by atoms with Crippen LogP contribution in [-0.2, 0) is 6.61 Å². The summed E-state index contributed by atoms with van der Waals surface area (Å²) in [5.74, 6) is -1.27. The monoisotopic (exact) mass is 446 g/mol. The summed E-state index contributed by atoms with van der Waals surface area (Å²) in [5, 5.41) is 8.95. The second-order valence-electron chi connectivity index (χ2n) is 5.93. The number of ether oxygens (including phenoxy) is 1. The molecule has 1 aromatic carbocycles. The molecule has 142 valence electrons. The molecule has 0 fully saturated rings. The van der Waals surface area contributed by atoms with Crippen molar-refractivity contribution in [1.82, 2.24) is 15.0 Å². The van der Waals surface area contributed by atoms with Crippen LogP contribution < -0.4 is 10.3 Å². The maximum absolute atomic E-state index is 13.9. The summed E-state index contributed by atoms with van der Waals surface area (Å²) in [5.41, 5.74) is 1.73. The zero-order valence-electron chi connectivity index (χ0n) is 14.8. The molecule has 3 aromatic rings. The molecule has 0 bridgehead atoms. The Morgan fingerprint density at radius 2 is 2.07 bits per heavy atom. The molecule has 0 aliphatic heterocycles. The largest absolute Gasteiger partial charge is 0.487 e. The number of aromatic nitrogens is 3. The predicted octanol–water partition coefficient (Wildman–Crippen LogP) is 3.94. The van der Waals surface area contributed by atoms with E-state index in [1.54, 1.807) is 13.8 Å². The smallest absolute Gasteiger partial charge is 0.266 e. The van der Waals surface area contributed by atoms with Crippen molar-refractivity contribution in [2.24, 2.45) is 0 Å². The van der Waals surface area contributed by atoms with Crippen molar-refractivity contribution in [2.45, 2.75) is 20.5 Å². The van der Waals surface area contributed by atoms with Crippen LogP contribution in [0, 0.1) is 36.8 Å². The van der Waals surface area contributed by atoms with Gasteiger partial charge in [-0.05, 0) is 41.9 Å². The molecule has 0 aliphatic carbocycles. The van der Waals surface area contributed by atoms with Crippen molar-refractivity contribution >= 4 is 15.9 Å².